The first-order valence-corrected chi connectivity index (χ1v) is 7.49. The van der Waals surface area contributed by atoms with Gasteiger partial charge in [0.15, 0.2) is 0 Å². The molecule has 1 aromatic carbocycles. The van der Waals surface area contributed by atoms with Crippen molar-refractivity contribution in [1.82, 2.24) is 0 Å². The molecule has 1 nitrogen and oxygen atoms in total. The Labute approximate surface area is 98.4 Å². The molecule has 0 bridgehead atoms. The van der Waals surface area contributed by atoms with Crippen LogP contribution in [0.3, 0.4) is 0 Å². The van der Waals surface area contributed by atoms with E-state index in [1.54, 1.807) is 0 Å². The Hall–Kier alpha value is -0.301. The molecular weight excluding hydrogens is 251 g/mol. The number of hydrogen-bond acceptors (Lipinski definition) is 1. The fraction of sp³-hybridized carbons (Fsp3) is 0.538. The summed E-state index contributed by atoms with van der Waals surface area (Å²) in [6.45, 7) is 0. The molecule has 1 aromatic rings. The van der Waals surface area contributed by atoms with Crippen molar-refractivity contribution in [2.75, 3.05) is 7.11 Å². The summed E-state index contributed by atoms with van der Waals surface area (Å²) in [5.74, 6) is 0. The molecule has 0 saturated heterocycles. The van der Waals surface area contributed by atoms with E-state index < -0.39 is 0 Å². The van der Waals surface area contributed by atoms with Gasteiger partial charge in [0, 0.05) is 0 Å². The maximum atomic E-state index is 5.59. The summed E-state index contributed by atoms with van der Waals surface area (Å²) in [6.07, 6.45) is 5.86. The molecule has 2 heteroatoms. The number of methoxy groups -OCH3 is 1. The molecule has 1 saturated carbocycles. The van der Waals surface area contributed by atoms with E-state index in [1.165, 1.54) is 30.1 Å². The van der Waals surface area contributed by atoms with Crippen LogP contribution in [0, 0.1) is 0 Å². The Balaban J connectivity index is 1.97. The molecule has 82 valence electrons. The molecule has 0 radical (unpaired) electrons. The van der Waals surface area contributed by atoms with E-state index in [0.717, 1.165) is 4.82 Å². The summed E-state index contributed by atoms with van der Waals surface area (Å²) in [6, 6.07) is 10.9. The van der Waals surface area contributed by atoms with Gasteiger partial charge in [-0.05, 0) is 0 Å². The van der Waals surface area contributed by atoms with Crippen LogP contribution in [0.1, 0.15) is 25.7 Å². The summed E-state index contributed by atoms with van der Waals surface area (Å²) in [7, 11) is 1.87. The Morgan fingerprint density at radius 2 is 1.87 bits per heavy atom. The van der Waals surface area contributed by atoms with Crippen molar-refractivity contribution < 1.29 is 4.74 Å². The van der Waals surface area contributed by atoms with E-state index in [-0.39, 0.29) is 0 Å². The molecule has 0 amide bonds. The van der Waals surface area contributed by atoms with E-state index in [9.17, 15) is 0 Å². The van der Waals surface area contributed by atoms with E-state index in [0.29, 0.717) is 21.1 Å². The minimum absolute atomic E-state index is 0.513. The number of benzene rings is 1. The second kappa shape index (κ2) is 5.69. The van der Waals surface area contributed by atoms with Crippen molar-refractivity contribution in [3.8, 4) is 0 Å². The van der Waals surface area contributed by atoms with Gasteiger partial charge < -0.3 is 0 Å². The molecule has 0 unspecified atom stereocenters. The van der Waals surface area contributed by atoms with Crippen molar-refractivity contribution in [3.63, 3.8) is 0 Å². The minimum atomic E-state index is 0.513. The summed E-state index contributed by atoms with van der Waals surface area (Å²) in [5, 5.41) is 0. The molecule has 0 heterocycles. The molecule has 0 aliphatic heterocycles. The first-order chi connectivity index (χ1) is 7.40. The predicted octanol–water partition coefficient (Wildman–Crippen LogP) is 2.39. The quantitative estimate of drug-likeness (QED) is 0.766. The third kappa shape index (κ3) is 3.07. The van der Waals surface area contributed by atoms with Gasteiger partial charge in [-0.1, -0.05) is 0 Å². The van der Waals surface area contributed by atoms with Crippen LogP contribution in [-0.4, -0.2) is 28.2 Å². The molecule has 15 heavy (non-hydrogen) atoms. The molecule has 1 fully saturated rings. The SMILES string of the molecule is CO[C@H]1CCCC[C@H]1[Se]c1ccccc1. The number of rotatable bonds is 3. The van der Waals surface area contributed by atoms with Gasteiger partial charge in [-0.25, -0.2) is 0 Å². The maximum absolute atomic E-state index is 5.59. The van der Waals surface area contributed by atoms with Crippen molar-refractivity contribution in [2.24, 2.45) is 0 Å². The second-order valence-electron chi connectivity index (χ2n) is 4.03. The summed E-state index contributed by atoms with van der Waals surface area (Å²) in [5.41, 5.74) is 0. The fourth-order valence-corrected chi connectivity index (χ4v) is 4.97. The predicted molar refractivity (Wildman–Crippen MR) is 64.8 cm³/mol. The molecule has 0 N–H and O–H groups in total. The van der Waals surface area contributed by atoms with Crippen molar-refractivity contribution in [2.45, 2.75) is 36.6 Å². The Morgan fingerprint density at radius 1 is 1.13 bits per heavy atom. The molecule has 1 aliphatic carbocycles. The van der Waals surface area contributed by atoms with Crippen LogP contribution in [0.25, 0.3) is 0 Å². The van der Waals surface area contributed by atoms with Gasteiger partial charge in [0.05, 0.1) is 0 Å². The van der Waals surface area contributed by atoms with Crippen molar-refractivity contribution in [3.05, 3.63) is 30.3 Å². The van der Waals surface area contributed by atoms with Gasteiger partial charge in [0.2, 0.25) is 0 Å². The molecular formula is C13H18OSe. The van der Waals surface area contributed by atoms with E-state index in [4.69, 9.17) is 4.74 Å². The third-order valence-electron chi connectivity index (χ3n) is 2.98. The topological polar surface area (TPSA) is 9.23 Å². The van der Waals surface area contributed by atoms with Crippen LogP contribution < -0.4 is 4.46 Å². The van der Waals surface area contributed by atoms with Gasteiger partial charge in [0.25, 0.3) is 0 Å². The molecule has 2 atom stereocenters. The molecule has 1 aliphatic rings. The zero-order valence-corrected chi connectivity index (χ0v) is 10.9. The van der Waals surface area contributed by atoms with Crippen LogP contribution >= 0.6 is 0 Å². The Bertz CT molecular complexity index is 286. The standard InChI is InChI=1S/C13H18OSe/c1-14-12-9-5-6-10-13(12)15-11-7-3-2-4-8-11/h2-4,7-8,12-13H,5-6,9-10H2,1H3/t12-,13+/m0/s1. The zero-order chi connectivity index (χ0) is 10.5. The van der Waals surface area contributed by atoms with E-state index >= 15 is 0 Å². The van der Waals surface area contributed by atoms with E-state index in [2.05, 4.69) is 30.3 Å². The Morgan fingerprint density at radius 3 is 2.60 bits per heavy atom. The fourth-order valence-electron chi connectivity index (χ4n) is 2.14. The second-order valence-corrected chi connectivity index (χ2v) is 6.78. The summed E-state index contributed by atoms with van der Waals surface area (Å²) >= 11 is 0.586. The number of hydrogen-bond donors (Lipinski definition) is 0. The van der Waals surface area contributed by atoms with Gasteiger partial charge >= 0.3 is 98.2 Å². The van der Waals surface area contributed by atoms with Gasteiger partial charge in [-0.2, -0.15) is 0 Å². The molecule has 0 spiro atoms. The van der Waals surface area contributed by atoms with Crippen LogP contribution in [0.15, 0.2) is 30.3 Å². The van der Waals surface area contributed by atoms with Crippen LogP contribution in [0.2, 0.25) is 4.82 Å². The average Bonchev–Trinajstić information content (AvgIpc) is 2.31. The first kappa shape index (κ1) is 11.2. The normalized spacial score (nSPS) is 26.5. The monoisotopic (exact) mass is 270 g/mol. The molecule has 0 aromatic heterocycles. The van der Waals surface area contributed by atoms with Crippen LogP contribution in [0.4, 0.5) is 0 Å². The van der Waals surface area contributed by atoms with Gasteiger partial charge in [-0.15, -0.1) is 0 Å². The van der Waals surface area contributed by atoms with Crippen LogP contribution in [0.5, 0.6) is 0 Å². The van der Waals surface area contributed by atoms with E-state index in [1.807, 2.05) is 7.11 Å². The average molecular weight is 269 g/mol. The van der Waals surface area contributed by atoms with Crippen LogP contribution in [-0.2, 0) is 4.74 Å². The summed E-state index contributed by atoms with van der Waals surface area (Å²) < 4.78 is 7.10. The van der Waals surface area contributed by atoms with Gasteiger partial charge in [-0.3, -0.25) is 0 Å². The van der Waals surface area contributed by atoms with Gasteiger partial charge in [0.1, 0.15) is 0 Å². The zero-order valence-electron chi connectivity index (χ0n) is 9.19. The Kier molecular flexibility index (Phi) is 4.25. The first-order valence-electron chi connectivity index (χ1n) is 5.64. The summed E-state index contributed by atoms with van der Waals surface area (Å²) in [4.78, 5) is 0.790. The van der Waals surface area contributed by atoms with Crippen molar-refractivity contribution in [1.29, 1.82) is 0 Å². The third-order valence-corrected chi connectivity index (χ3v) is 5.88. The molecule has 2 rings (SSSR count). The number of ether oxygens (including phenoxy) is 1. The van der Waals surface area contributed by atoms with Crippen molar-refractivity contribution >= 4 is 19.4 Å².